The number of piperidine rings is 1. The molecule has 3 heterocycles. The lowest BCUT2D eigenvalue weighted by Crippen LogP contribution is -2.36. The van der Waals surface area contributed by atoms with E-state index in [0.717, 1.165) is 62.7 Å². The molecule has 5 nitrogen and oxygen atoms in total. The summed E-state index contributed by atoms with van der Waals surface area (Å²) in [6.45, 7) is 4.42. The van der Waals surface area contributed by atoms with Crippen LogP contribution < -0.4 is 4.90 Å². The molecule has 0 bridgehead atoms. The third-order valence-corrected chi connectivity index (χ3v) is 5.42. The number of anilines is 1. The number of Topliss-reactive ketones (excluding diaryl/α,β-unsaturated/α-hetero) is 1. The van der Waals surface area contributed by atoms with Crippen molar-refractivity contribution >= 4 is 23.1 Å². The number of carbonyl (C=O) groups is 1. The first-order valence-electron chi connectivity index (χ1n) is 8.61. The first-order valence-corrected chi connectivity index (χ1v) is 8.99. The highest BCUT2D eigenvalue weighted by Gasteiger charge is 2.29. The van der Waals surface area contributed by atoms with Crippen molar-refractivity contribution in [2.24, 2.45) is 0 Å². The Labute approximate surface area is 146 Å². The van der Waals surface area contributed by atoms with Crippen molar-refractivity contribution in [2.75, 3.05) is 18.0 Å². The van der Waals surface area contributed by atoms with Crippen molar-refractivity contribution in [3.63, 3.8) is 0 Å². The fourth-order valence-corrected chi connectivity index (χ4v) is 4.31. The third kappa shape index (κ3) is 2.61. The van der Waals surface area contributed by atoms with E-state index in [-0.39, 0.29) is 5.78 Å². The van der Waals surface area contributed by atoms with E-state index in [0.29, 0.717) is 16.5 Å². The molecule has 4 rings (SSSR count). The second-order valence-corrected chi connectivity index (χ2v) is 7.11. The number of hydrogen-bond acceptors (Lipinski definition) is 4. The summed E-state index contributed by atoms with van der Waals surface area (Å²) in [7, 11) is 0. The number of aryl methyl sites for hydroxylation is 1. The zero-order valence-corrected chi connectivity index (χ0v) is 14.6. The smallest absolute Gasteiger partial charge is 0.163 e. The number of ketones is 1. The first kappa shape index (κ1) is 15.6. The summed E-state index contributed by atoms with van der Waals surface area (Å²) in [6, 6.07) is 5.70. The van der Waals surface area contributed by atoms with Crippen LogP contribution in [0.1, 0.15) is 54.1 Å². The lowest BCUT2D eigenvalue weighted by molar-refractivity contribution is 0.101. The number of halogens is 1. The molecule has 2 aliphatic rings. The van der Waals surface area contributed by atoms with Crippen molar-refractivity contribution in [3.05, 3.63) is 40.4 Å². The van der Waals surface area contributed by atoms with Gasteiger partial charge in [0, 0.05) is 37.7 Å². The molecule has 0 aliphatic carbocycles. The minimum atomic E-state index is 0.0149. The molecular weight excluding hydrogens is 324 g/mol. The van der Waals surface area contributed by atoms with E-state index < -0.39 is 0 Å². The molecule has 2 aromatic rings. The van der Waals surface area contributed by atoms with E-state index in [1.54, 1.807) is 13.0 Å². The fourth-order valence-electron chi connectivity index (χ4n) is 4.01. The van der Waals surface area contributed by atoms with E-state index in [2.05, 4.69) is 19.7 Å². The van der Waals surface area contributed by atoms with Crippen molar-refractivity contribution < 1.29 is 4.79 Å². The van der Waals surface area contributed by atoms with Crippen LogP contribution in [-0.4, -0.2) is 33.6 Å². The Balaban J connectivity index is 1.64. The molecule has 1 saturated heterocycles. The molecule has 24 heavy (non-hydrogen) atoms. The average molecular weight is 345 g/mol. The van der Waals surface area contributed by atoms with E-state index in [4.69, 9.17) is 11.6 Å². The monoisotopic (exact) mass is 344 g/mol. The minimum absolute atomic E-state index is 0.0149. The Morgan fingerprint density at radius 2 is 2.12 bits per heavy atom. The summed E-state index contributed by atoms with van der Waals surface area (Å²) in [6.07, 6.45) is 4.39. The standard InChI is InChI=1S/C18H21ClN4O/c1-12(24)17-14(19)6-2-7-15(17)22-9-3-5-13(11-22)18-21-20-16-8-4-10-23(16)18/h2,6-7,13H,3-5,8-11H2,1H3. The van der Waals surface area contributed by atoms with Crippen LogP contribution in [0.25, 0.3) is 0 Å². The van der Waals surface area contributed by atoms with E-state index >= 15 is 0 Å². The van der Waals surface area contributed by atoms with Crippen LogP contribution in [0.4, 0.5) is 5.69 Å². The van der Waals surface area contributed by atoms with Gasteiger partial charge in [0.25, 0.3) is 0 Å². The van der Waals surface area contributed by atoms with Gasteiger partial charge in [0.2, 0.25) is 0 Å². The number of benzene rings is 1. The summed E-state index contributed by atoms with van der Waals surface area (Å²) in [5.74, 6) is 2.60. The summed E-state index contributed by atoms with van der Waals surface area (Å²) >= 11 is 6.28. The number of nitrogens with zero attached hydrogens (tertiary/aromatic N) is 4. The van der Waals surface area contributed by atoms with Gasteiger partial charge in [-0.3, -0.25) is 4.79 Å². The Hall–Kier alpha value is -1.88. The van der Waals surface area contributed by atoms with Gasteiger partial charge >= 0.3 is 0 Å². The molecule has 1 atom stereocenters. The minimum Gasteiger partial charge on any atom is -0.370 e. The molecule has 1 fully saturated rings. The quantitative estimate of drug-likeness (QED) is 0.800. The van der Waals surface area contributed by atoms with Gasteiger partial charge in [-0.25, -0.2) is 0 Å². The highest BCUT2D eigenvalue weighted by molar-refractivity contribution is 6.34. The van der Waals surface area contributed by atoms with Gasteiger partial charge in [-0.1, -0.05) is 17.7 Å². The molecule has 0 radical (unpaired) electrons. The lowest BCUT2D eigenvalue weighted by Gasteiger charge is -2.35. The topological polar surface area (TPSA) is 51.0 Å². The summed E-state index contributed by atoms with van der Waals surface area (Å²) in [5, 5.41) is 9.34. The van der Waals surface area contributed by atoms with Crippen LogP contribution in [0.2, 0.25) is 5.02 Å². The largest absolute Gasteiger partial charge is 0.370 e. The van der Waals surface area contributed by atoms with Gasteiger partial charge in [-0.05, 0) is 38.3 Å². The van der Waals surface area contributed by atoms with E-state index in [1.807, 2.05) is 12.1 Å². The number of aromatic nitrogens is 3. The summed E-state index contributed by atoms with van der Waals surface area (Å²) in [5.41, 5.74) is 1.58. The Morgan fingerprint density at radius 3 is 2.96 bits per heavy atom. The summed E-state index contributed by atoms with van der Waals surface area (Å²) < 4.78 is 2.29. The molecule has 1 aromatic carbocycles. The number of carbonyl (C=O) groups excluding carboxylic acids is 1. The molecule has 0 saturated carbocycles. The SMILES string of the molecule is CC(=O)c1c(Cl)cccc1N1CCCC(c2nnc3n2CCC3)C1. The summed E-state index contributed by atoms with van der Waals surface area (Å²) in [4.78, 5) is 14.3. The molecule has 126 valence electrons. The zero-order chi connectivity index (χ0) is 16.7. The van der Waals surface area contributed by atoms with Crippen molar-refractivity contribution in [3.8, 4) is 0 Å². The predicted molar refractivity (Wildman–Crippen MR) is 94.0 cm³/mol. The van der Waals surface area contributed by atoms with Gasteiger partial charge < -0.3 is 9.47 Å². The Bertz CT molecular complexity index is 785. The van der Waals surface area contributed by atoms with Crippen LogP contribution in [0, 0.1) is 0 Å². The third-order valence-electron chi connectivity index (χ3n) is 5.11. The molecule has 1 aromatic heterocycles. The van der Waals surface area contributed by atoms with Crippen LogP contribution in [0.15, 0.2) is 18.2 Å². The normalized spacial score (nSPS) is 20.2. The number of rotatable bonds is 3. The van der Waals surface area contributed by atoms with Gasteiger partial charge in [0.05, 0.1) is 10.6 Å². The predicted octanol–water partition coefficient (Wildman–Crippen LogP) is 3.46. The second kappa shape index (κ2) is 6.20. The van der Waals surface area contributed by atoms with Crippen molar-refractivity contribution in [1.82, 2.24) is 14.8 Å². The van der Waals surface area contributed by atoms with Crippen LogP contribution in [0.3, 0.4) is 0 Å². The van der Waals surface area contributed by atoms with E-state index in [9.17, 15) is 4.79 Å². The van der Waals surface area contributed by atoms with Gasteiger partial charge in [-0.2, -0.15) is 0 Å². The molecule has 0 amide bonds. The number of fused-ring (bicyclic) bond motifs is 1. The van der Waals surface area contributed by atoms with Gasteiger partial charge in [0.1, 0.15) is 11.6 Å². The van der Waals surface area contributed by atoms with Crippen LogP contribution in [-0.2, 0) is 13.0 Å². The Morgan fingerprint density at radius 1 is 1.25 bits per heavy atom. The Kier molecular flexibility index (Phi) is 4.04. The molecule has 2 aliphatic heterocycles. The second-order valence-electron chi connectivity index (χ2n) is 6.70. The maximum atomic E-state index is 12.1. The number of hydrogen-bond donors (Lipinski definition) is 0. The highest BCUT2D eigenvalue weighted by atomic mass is 35.5. The molecule has 0 spiro atoms. The van der Waals surface area contributed by atoms with Crippen molar-refractivity contribution in [2.45, 2.75) is 45.1 Å². The van der Waals surface area contributed by atoms with E-state index in [1.165, 1.54) is 0 Å². The van der Waals surface area contributed by atoms with Gasteiger partial charge in [-0.15, -0.1) is 10.2 Å². The average Bonchev–Trinajstić information content (AvgIpc) is 3.17. The maximum absolute atomic E-state index is 12.1. The highest BCUT2D eigenvalue weighted by Crippen LogP contribution is 2.34. The fraction of sp³-hybridized carbons (Fsp3) is 0.500. The van der Waals surface area contributed by atoms with Crippen LogP contribution >= 0.6 is 11.6 Å². The lowest BCUT2D eigenvalue weighted by atomic mass is 9.95. The zero-order valence-electron chi connectivity index (χ0n) is 13.8. The maximum Gasteiger partial charge on any atom is 0.163 e. The molecule has 0 N–H and O–H groups in total. The van der Waals surface area contributed by atoms with Crippen LogP contribution in [0.5, 0.6) is 0 Å². The van der Waals surface area contributed by atoms with Crippen molar-refractivity contribution in [1.29, 1.82) is 0 Å². The molecule has 6 heteroatoms. The molecule has 1 unspecified atom stereocenters. The van der Waals surface area contributed by atoms with Gasteiger partial charge in [0.15, 0.2) is 5.78 Å². The first-order chi connectivity index (χ1) is 11.6. The molecular formula is C18H21ClN4O.